The van der Waals surface area contributed by atoms with Crippen LogP contribution in [0.1, 0.15) is 53.4 Å². The lowest BCUT2D eigenvalue weighted by molar-refractivity contribution is 0.744. The van der Waals surface area contributed by atoms with Crippen LogP contribution in [0.3, 0.4) is 0 Å². The summed E-state index contributed by atoms with van der Waals surface area (Å²) in [6.07, 6.45) is 4.70. The molecule has 0 radical (unpaired) electrons. The first-order valence-corrected chi connectivity index (χ1v) is 14.8. The molecule has 0 aromatic heterocycles. The zero-order chi connectivity index (χ0) is 20.8. The Morgan fingerprint density at radius 1 is 0.759 bits per heavy atom. The van der Waals surface area contributed by atoms with Crippen LogP contribution in [0, 0.1) is 4.51 Å². The van der Waals surface area contributed by atoms with E-state index in [1.807, 2.05) is 0 Å². The number of anilines is 2. The van der Waals surface area contributed by atoms with Crippen molar-refractivity contribution >= 4 is 45.9 Å². The van der Waals surface area contributed by atoms with E-state index >= 15 is 0 Å². The Kier molecular flexibility index (Phi) is 8.42. The zero-order valence-electron chi connectivity index (χ0n) is 18.2. The van der Waals surface area contributed by atoms with E-state index in [2.05, 4.69) is 95.1 Å². The number of nitrogens with zero attached hydrogens (tertiary/aromatic N) is 3. The summed E-state index contributed by atoms with van der Waals surface area (Å²) in [5, 5.41) is 1.14. The van der Waals surface area contributed by atoms with Crippen molar-refractivity contribution in [3.63, 3.8) is 0 Å². The number of rotatable bonds is 10. The molecule has 1 atom stereocenters. The van der Waals surface area contributed by atoms with Crippen LogP contribution in [0.5, 0.6) is 0 Å². The molecule has 3 rings (SSSR count). The summed E-state index contributed by atoms with van der Waals surface area (Å²) < 4.78 is 1.38. The maximum absolute atomic E-state index is 5.01. The first-order valence-electron chi connectivity index (χ1n) is 11.0. The van der Waals surface area contributed by atoms with Gasteiger partial charge in [0.15, 0.2) is 0 Å². The molecule has 1 heterocycles. The monoisotopic (exact) mass is 523 g/mol. The summed E-state index contributed by atoms with van der Waals surface area (Å²) in [6, 6.07) is 13.7. The number of halogens is 1. The van der Waals surface area contributed by atoms with E-state index in [0.717, 1.165) is 37.2 Å². The normalized spacial score (nSPS) is 14.7. The predicted molar refractivity (Wildman–Crippen MR) is 138 cm³/mol. The van der Waals surface area contributed by atoms with Crippen molar-refractivity contribution < 1.29 is 0 Å². The Balaban J connectivity index is 2.05. The SMILES string of the molecule is CCCN(CCC)c1ccc2c(c1)S(I)=c1cc(N(CCC)CCC)ccc1=N2. The van der Waals surface area contributed by atoms with Crippen molar-refractivity contribution in [2.24, 2.45) is 4.99 Å². The molecule has 2 aromatic carbocycles. The maximum Gasteiger partial charge on any atom is 0.0777 e. The highest BCUT2D eigenvalue weighted by Crippen LogP contribution is 2.46. The molecule has 3 nitrogen and oxygen atoms in total. The van der Waals surface area contributed by atoms with Crippen LogP contribution < -0.4 is 15.2 Å². The van der Waals surface area contributed by atoms with E-state index in [4.69, 9.17) is 4.99 Å². The number of fused-ring (bicyclic) bond motifs is 2. The van der Waals surface area contributed by atoms with Gasteiger partial charge in [0.05, 0.1) is 11.0 Å². The Bertz CT molecular complexity index is 945. The minimum absolute atomic E-state index is 0.0135. The molecule has 5 heteroatoms. The lowest BCUT2D eigenvalue weighted by Gasteiger charge is -2.26. The van der Waals surface area contributed by atoms with Crippen LogP contribution in [0.2, 0.25) is 0 Å². The van der Waals surface area contributed by atoms with Crippen molar-refractivity contribution in [3.8, 4) is 0 Å². The fraction of sp³-hybridized carbons (Fsp3) is 0.500. The van der Waals surface area contributed by atoms with Crippen molar-refractivity contribution in [2.45, 2.75) is 58.3 Å². The fourth-order valence-corrected chi connectivity index (χ4v) is 7.34. The van der Waals surface area contributed by atoms with Gasteiger partial charge < -0.3 is 9.80 Å². The largest absolute Gasteiger partial charge is 0.372 e. The molecule has 1 unspecified atom stereocenters. The summed E-state index contributed by atoms with van der Waals surface area (Å²) in [4.78, 5) is 11.4. The molecule has 0 fully saturated rings. The Morgan fingerprint density at radius 2 is 1.28 bits per heavy atom. The first kappa shape index (κ1) is 22.6. The highest BCUT2D eigenvalue weighted by molar-refractivity contribution is 14.2. The third kappa shape index (κ3) is 5.16. The molecule has 0 bridgehead atoms. The van der Waals surface area contributed by atoms with Gasteiger partial charge in [-0.1, -0.05) is 35.4 Å². The lowest BCUT2D eigenvalue weighted by Crippen LogP contribution is -2.25. The van der Waals surface area contributed by atoms with Crippen LogP contribution in [0.15, 0.2) is 46.3 Å². The van der Waals surface area contributed by atoms with Gasteiger partial charge in [-0.3, -0.25) is 0 Å². The zero-order valence-corrected chi connectivity index (χ0v) is 21.2. The Labute approximate surface area is 190 Å². The molecule has 1 aliphatic rings. The number of benzene rings is 2. The van der Waals surface area contributed by atoms with Crippen LogP contribution in [-0.4, -0.2) is 26.2 Å². The minimum atomic E-state index is 0.0135. The second-order valence-electron chi connectivity index (χ2n) is 7.65. The maximum atomic E-state index is 5.01. The average Bonchev–Trinajstić information content (AvgIpc) is 2.73. The molecule has 0 amide bonds. The average molecular weight is 524 g/mol. The van der Waals surface area contributed by atoms with E-state index in [-0.39, 0.29) is 7.66 Å². The summed E-state index contributed by atoms with van der Waals surface area (Å²) in [6.45, 7) is 13.5. The molecule has 1 aliphatic heterocycles. The molecular weight excluding hydrogens is 489 g/mol. The smallest absolute Gasteiger partial charge is 0.0777 e. The van der Waals surface area contributed by atoms with Gasteiger partial charge in [0.25, 0.3) is 0 Å². The third-order valence-corrected chi connectivity index (χ3v) is 9.49. The summed E-state index contributed by atoms with van der Waals surface area (Å²) in [5.41, 5.74) is 3.82. The van der Waals surface area contributed by atoms with Gasteiger partial charge in [0, 0.05) is 47.0 Å². The van der Waals surface area contributed by atoms with Crippen LogP contribution in [0.25, 0.3) is 0 Å². The standard InChI is InChI=1S/C24H34IN3S/c1-5-13-27(14-6-2)19-9-11-21-23(17-19)29(25)24-18-20(10-12-22(24)26-21)28(15-7-3)16-8-4/h9-12,17-18H,5-8,13-16H2,1-4H3. The van der Waals surface area contributed by atoms with Gasteiger partial charge in [-0.15, -0.1) is 0 Å². The number of hydrogen-bond donors (Lipinski definition) is 0. The van der Waals surface area contributed by atoms with Crippen LogP contribution in [0.4, 0.5) is 17.1 Å². The molecule has 0 spiro atoms. The Hall–Kier alpha value is -1.08. The molecular formula is C24H34IN3S. The third-order valence-electron chi connectivity index (χ3n) is 5.22. The van der Waals surface area contributed by atoms with E-state index in [1.165, 1.54) is 46.5 Å². The Morgan fingerprint density at radius 3 is 1.83 bits per heavy atom. The van der Waals surface area contributed by atoms with Gasteiger partial charge in [0.2, 0.25) is 0 Å². The lowest BCUT2D eigenvalue weighted by atomic mass is 10.2. The topological polar surface area (TPSA) is 18.8 Å². The number of hydrogen-bond acceptors (Lipinski definition) is 3. The van der Waals surface area contributed by atoms with Crippen molar-refractivity contribution in [1.82, 2.24) is 0 Å². The van der Waals surface area contributed by atoms with Crippen LogP contribution >= 0.6 is 28.9 Å². The van der Waals surface area contributed by atoms with Gasteiger partial charge in [-0.2, -0.15) is 0 Å². The van der Waals surface area contributed by atoms with Gasteiger partial charge >= 0.3 is 0 Å². The molecule has 158 valence electrons. The van der Waals surface area contributed by atoms with E-state index in [1.54, 1.807) is 0 Å². The molecule has 2 aromatic rings. The molecule has 0 saturated carbocycles. The summed E-state index contributed by atoms with van der Waals surface area (Å²) in [7, 11) is 0.0135. The molecule has 29 heavy (non-hydrogen) atoms. The second kappa shape index (κ2) is 10.8. The second-order valence-corrected chi connectivity index (χ2v) is 11.7. The van der Waals surface area contributed by atoms with E-state index in [0.29, 0.717) is 0 Å². The van der Waals surface area contributed by atoms with Crippen molar-refractivity contribution in [3.05, 3.63) is 46.3 Å². The van der Waals surface area contributed by atoms with Crippen molar-refractivity contribution in [2.75, 3.05) is 36.0 Å². The molecule has 0 N–H and O–H groups in total. The van der Waals surface area contributed by atoms with Crippen LogP contribution in [-0.2, 0) is 0 Å². The quantitative estimate of drug-likeness (QED) is 0.244. The van der Waals surface area contributed by atoms with Gasteiger partial charge in [-0.05, 0) is 83.3 Å². The summed E-state index contributed by atoms with van der Waals surface area (Å²) in [5.74, 6) is 0. The molecule has 0 saturated heterocycles. The minimum Gasteiger partial charge on any atom is -0.372 e. The highest BCUT2D eigenvalue weighted by atomic mass is 127. The van der Waals surface area contributed by atoms with Gasteiger partial charge in [-0.25, -0.2) is 4.99 Å². The van der Waals surface area contributed by atoms with E-state index in [9.17, 15) is 0 Å². The van der Waals surface area contributed by atoms with Crippen molar-refractivity contribution in [1.29, 1.82) is 0 Å². The highest BCUT2D eigenvalue weighted by Gasteiger charge is 2.15. The molecule has 0 aliphatic carbocycles. The fourth-order valence-electron chi connectivity index (χ4n) is 3.94. The van der Waals surface area contributed by atoms with Gasteiger partial charge in [0.1, 0.15) is 0 Å². The summed E-state index contributed by atoms with van der Waals surface area (Å²) >= 11 is 2.64. The van der Waals surface area contributed by atoms with E-state index < -0.39 is 0 Å². The predicted octanol–water partition coefficient (Wildman–Crippen LogP) is 7.13. The first-order chi connectivity index (χ1) is 14.1.